The highest BCUT2D eigenvalue weighted by molar-refractivity contribution is 7.89. The van der Waals surface area contributed by atoms with E-state index in [1.165, 1.54) is 6.33 Å². The summed E-state index contributed by atoms with van der Waals surface area (Å²) in [5, 5.41) is 0. The molecule has 0 amide bonds. The zero-order chi connectivity index (χ0) is 18.3. The Balaban J connectivity index is 1.80. The van der Waals surface area contributed by atoms with Crippen LogP contribution in [0.3, 0.4) is 0 Å². The lowest BCUT2D eigenvalue weighted by Gasteiger charge is -2.42. The Morgan fingerprint density at radius 3 is 2.65 bits per heavy atom. The van der Waals surface area contributed by atoms with Crippen LogP contribution in [0, 0.1) is 5.92 Å². The second-order valence-electron chi connectivity index (χ2n) is 7.14. The van der Waals surface area contributed by atoms with E-state index in [9.17, 15) is 13.2 Å². The van der Waals surface area contributed by atoms with Crippen molar-refractivity contribution in [1.82, 2.24) is 18.8 Å². The zero-order valence-corrected chi connectivity index (χ0v) is 15.5. The summed E-state index contributed by atoms with van der Waals surface area (Å²) in [7, 11) is -3.24. The Kier molecular flexibility index (Phi) is 4.40. The number of piperidine rings is 1. The number of hydrogen-bond donors (Lipinski definition) is 0. The van der Waals surface area contributed by atoms with Crippen LogP contribution >= 0.6 is 0 Å². The molecular weight excluding hydrogens is 352 g/mol. The molecule has 4 rings (SSSR count). The normalized spacial score (nSPS) is 22.8. The van der Waals surface area contributed by atoms with E-state index < -0.39 is 10.0 Å². The van der Waals surface area contributed by atoms with E-state index in [0.29, 0.717) is 26.1 Å². The molecule has 26 heavy (non-hydrogen) atoms. The molecule has 1 fully saturated rings. The molecule has 0 radical (unpaired) electrons. The summed E-state index contributed by atoms with van der Waals surface area (Å²) in [6.45, 7) is 3.38. The van der Waals surface area contributed by atoms with Gasteiger partial charge in [0.15, 0.2) is 0 Å². The lowest BCUT2D eigenvalue weighted by molar-refractivity contribution is 0.187. The van der Waals surface area contributed by atoms with Crippen LogP contribution in [-0.2, 0) is 16.6 Å². The van der Waals surface area contributed by atoms with Gasteiger partial charge in [-0.1, -0.05) is 6.92 Å². The highest BCUT2D eigenvalue weighted by Gasteiger charge is 2.39. The lowest BCUT2D eigenvalue weighted by Crippen LogP contribution is -2.49. The highest BCUT2D eigenvalue weighted by Crippen LogP contribution is 2.40. The molecule has 0 spiro atoms. The minimum Gasteiger partial charge on any atom is -0.311 e. The molecule has 2 atom stereocenters. The van der Waals surface area contributed by atoms with Crippen molar-refractivity contribution in [3.05, 3.63) is 46.9 Å². The molecule has 4 heterocycles. The van der Waals surface area contributed by atoms with E-state index in [-0.39, 0.29) is 23.1 Å². The van der Waals surface area contributed by atoms with Crippen molar-refractivity contribution in [1.29, 1.82) is 0 Å². The molecule has 0 aromatic carbocycles. The topological polar surface area (TPSA) is 85.2 Å². The molecular formula is C18H22N4O3S. The van der Waals surface area contributed by atoms with Crippen LogP contribution in [0.1, 0.15) is 31.4 Å². The average Bonchev–Trinajstić information content (AvgIpc) is 2.63. The Bertz CT molecular complexity index is 972. The molecule has 8 heteroatoms. The molecule has 0 N–H and O–H groups in total. The summed E-state index contributed by atoms with van der Waals surface area (Å²) < 4.78 is 28.6. The SMILES string of the molecule is CCCS(=O)(=O)N1C[C@H]2C[C@H](C1)c1c(-c3cncnc3)ccc(=O)n1C2. The number of nitrogens with zero attached hydrogens (tertiary/aromatic N) is 4. The van der Waals surface area contributed by atoms with E-state index in [1.807, 2.05) is 17.6 Å². The second-order valence-corrected chi connectivity index (χ2v) is 9.23. The first-order valence-corrected chi connectivity index (χ1v) is 10.6. The van der Waals surface area contributed by atoms with Gasteiger partial charge in [-0.25, -0.2) is 22.7 Å². The number of rotatable bonds is 4. The second kappa shape index (κ2) is 6.59. The Morgan fingerprint density at radius 2 is 1.92 bits per heavy atom. The average molecular weight is 374 g/mol. The van der Waals surface area contributed by atoms with Crippen LogP contribution in [0.15, 0.2) is 35.6 Å². The van der Waals surface area contributed by atoms with E-state index in [2.05, 4.69) is 9.97 Å². The smallest absolute Gasteiger partial charge is 0.250 e. The van der Waals surface area contributed by atoms with Crippen LogP contribution in [0.2, 0.25) is 0 Å². The summed E-state index contributed by atoms with van der Waals surface area (Å²) in [4.78, 5) is 20.6. The van der Waals surface area contributed by atoms with E-state index in [4.69, 9.17) is 0 Å². The van der Waals surface area contributed by atoms with Crippen LogP contribution in [-0.4, -0.2) is 46.1 Å². The Labute approximate surface area is 152 Å². The van der Waals surface area contributed by atoms with Gasteiger partial charge >= 0.3 is 0 Å². The van der Waals surface area contributed by atoms with Crippen molar-refractivity contribution in [2.24, 2.45) is 5.92 Å². The molecule has 0 aliphatic carbocycles. The van der Waals surface area contributed by atoms with Gasteiger partial charge in [-0.2, -0.15) is 0 Å². The molecule has 0 saturated carbocycles. The minimum atomic E-state index is -3.24. The molecule has 2 aromatic rings. The van der Waals surface area contributed by atoms with Gasteiger partial charge in [-0.15, -0.1) is 0 Å². The van der Waals surface area contributed by atoms with Crippen LogP contribution in [0.25, 0.3) is 11.1 Å². The molecule has 2 aliphatic rings. The van der Waals surface area contributed by atoms with Crippen molar-refractivity contribution >= 4 is 10.0 Å². The van der Waals surface area contributed by atoms with Crippen LogP contribution in [0.5, 0.6) is 0 Å². The van der Waals surface area contributed by atoms with Gasteiger partial charge in [0.1, 0.15) is 6.33 Å². The zero-order valence-electron chi connectivity index (χ0n) is 14.7. The van der Waals surface area contributed by atoms with Gasteiger partial charge in [0.05, 0.1) is 5.75 Å². The Morgan fingerprint density at radius 1 is 1.15 bits per heavy atom. The third-order valence-electron chi connectivity index (χ3n) is 5.28. The third-order valence-corrected chi connectivity index (χ3v) is 7.29. The molecule has 138 valence electrons. The number of pyridine rings is 1. The number of fused-ring (bicyclic) bond motifs is 4. The largest absolute Gasteiger partial charge is 0.311 e. The summed E-state index contributed by atoms with van der Waals surface area (Å²) in [5.41, 5.74) is 2.66. The van der Waals surface area contributed by atoms with E-state index in [1.54, 1.807) is 22.8 Å². The first kappa shape index (κ1) is 17.4. The van der Waals surface area contributed by atoms with Gasteiger partial charge in [0.25, 0.3) is 5.56 Å². The van der Waals surface area contributed by atoms with Crippen LogP contribution in [0.4, 0.5) is 0 Å². The third kappa shape index (κ3) is 2.97. The van der Waals surface area contributed by atoms with Gasteiger partial charge in [-0.05, 0) is 24.8 Å². The maximum atomic E-state index is 12.6. The van der Waals surface area contributed by atoms with Gasteiger partial charge < -0.3 is 4.57 Å². The summed E-state index contributed by atoms with van der Waals surface area (Å²) in [6, 6.07) is 3.39. The number of aromatic nitrogens is 3. The fourth-order valence-corrected chi connectivity index (χ4v) is 5.89. The quantitative estimate of drug-likeness (QED) is 0.809. The number of hydrogen-bond acceptors (Lipinski definition) is 5. The van der Waals surface area contributed by atoms with Gasteiger partial charge in [-0.3, -0.25) is 4.79 Å². The van der Waals surface area contributed by atoms with Crippen LogP contribution < -0.4 is 5.56 Å². The molecule has 7 nitrogen and oxygen atoms in total. The predicted molar refractivity (Wildman–Crippen MR) is 98.2 cm³/mol. The highest BCUT2D eigenvalue weighted by atomic mass is 32.2. The maximum absolute atomic E-state index is 12.6. The first-order chi connectivity index (χ1) is 12.5. The summed E-state index contributed by atoms with van der Waals surface area (Å²) in [6.07, 6.45) is 6.45. The first-order valence-electron chi connectivity index (χ1n) is 8.96. The molecule has 2 aromatic heterocycles. The molecule has 0 unspecified atom stereocenters. The molecule has 2 bridgehead atoms. The monoisotopic (exact) mass is 374 g/mol. The lowest BCUT2D eigenvalue weighted by atomic mass is 9.81. The minimum absolute atomic E-state index is 0.0123. The molecule has 2 aliphatic heterocycles. The van der Waals surface area contributed by atoms with E-state index in [0.717, 1.165) is 23.2 Å². The fourth-order valence-electron chi connectivity index (χ4n) is 4.27. The predicted octanol–water partition coefficient (Wildman–Crippen LogP) is 1.46. The van der Waals surface area contributed by atoms with E-state index >= 15 is 0 Å². The standard InChI is InChI=1S/C18H22N4O3S/c1-2-5-26(24,25)21-9-13-6-14(11-21)18-16(15-7-19-12-20-8-15)3-4-17(23)22(18)10-13/h3-4,7-8,12-14H,2,5-6,9-11H2,1H3/t13-,14-/m1/s1. The fraction of sp³-hybridized carbons (Fsp3) is 0.500. The van der Waals surface area contributed by atoms with Gasteiger partial charge in [0.2, 0.25) is 10.0 Å². The summed E-state index contributed by atoms with van der Waals surface area (Å²) >= 11 is 0. The Hall–Kier alpha value is -2.06. The molecule has 1 saturated heterocycles. The van der Waals surface area contributed by atoms with Gasteiger partial charge in [0, 0.05) is 60.8 Å². The van der Waals surface area contributed by atoms with Crippen molar-refractivity contribution in [3.63, 3.8) is 0 Å². The van der Waals surface area contributed by atoms with Crippen molar-refractivity contribution in [2.75, 3.05) is 18.8 Å². The van der Waals surface area contributed by atoms with Crippen molar-refractivity contribution in [3.8, 4) is 11.1 Å². The summed E-state index contributed by atoms with van der Waals surface area (Å²) in [5.74, 6) is 0.360. The maximum Gasteiger partial charge on any atom is 0.250 e. The van der Waals surface area contributed by atoms with Crippen molar-refractivity contribution in [2.45, 2.75) is 32.2 Å². The number of sulfonamides is 1. The van der Waals surface area contributed by atoms with Crippen molar-refractivity contribution < 1.29 is 8.42 Å².